The van der Waals surface area contributed by atoms with E-state index in [0.29, 0.717) is 0 Å². The average molecular weight is 526 g/mol. The first-order valence-corrected chi connectivity index (χ1v) is 12.4. The van der Waals surface area contributed by atoms with E-state index >= 15 is 0 Å². The highest BCUT2D eigenvalue weighted by Gasteiger charge is 2.41. The molecule has 22 heteroatoms. The molecule has 0 saturated heterocycles. The number of nitrogens with two attached hydrogens (primary N) is 1. The zero-order chi connectivity index (χ0) is 24.3. The molecule has 0 aromatic carbocycles. The van der Waals surface area contributed by atoms with E-state index in [2.05, 4.69) is 27.5 Å². The molecule has 0 aliphatic heterocycles. The first-order chi connectivity index (χ1) is 14.6. The Morgan fingerprint density at radius 3 is 2.41 bits per heavy atom. The molecule has 182 valence electrons. The van der Waals surface area contributed by atoms with E-state index in [4.69, 9.17) is 30.3 Å². The van der Waals surface area contributed by atoms with Crippen molar-refractivity contribution in [1.82, 2.24) is 14.5 Å². The number of hydrogen-bond acceptors (Lipinski definition) is 14. The topological polar surface area (TPSA) is 296 Å². The van der Waals surface area contributed by atoms with E-state index in [1.54, 1.807) is 0 Å². The number of nitrogen functional groups attached to an aromatic ring is 1. The third-order valence-corrected chi connectivity index (χ3v) is 7.08. The van der Waals surface area contributed by atoms with Gasteiger partial charge in [0.2, 0.25) is 0 Å². The fourth-order valence-electron chi connectivity index (χ4n) is 2.04. The van der Waals surface area contributed by atoms with Crippen LogP contribution in [0.1, 0.15) is 0 Å². The van der Waals surface area contributed by atoms with Crippen molar-refractivity contribution in [3.05, 3.63) is 16.7 Å². The number of phosphoric acid groups is 3. The maximum absolute atomic E-state index is 11.8. The van der Waals surface area contributed by atoms with Gasteiger partial charge in [-0.3, -0.25) is 9.09 Å². The normalized spacial score (nSPS) is 18.2. The summed E-state index contributed by atoms with van der Waals surface area (Å²) in [7, 11) is -16.8. The Bertz CT molecular complexity index is 1140. The molecule has 0 aliphatic carbocycles. The molecule has 0 fully saturated rings. The molecule has 0 spiro atoms. The van der Waals surface area contributed by atoms with Gasteiger partial charge in [0.25, 0.3) is 6.01 Å². The molecule has 0 bridgehead atoms. The Kier molecular flexibility index (Phi) is 8.46. The van der Waals surface area contributed by atoms with Gasteiger partial charge in [-0.25, -0.2) is 23.5 Å². The van der Waals surface area contributed by atoms with Gasteiger partial charge in [-0.2, -0.15) is 13.6 Å². The second-order valence-corrected chi connectivity index (χ2v) is 10.1. The van der Waals surface area contributed by atoms with Crippen molar-refractivity contribution in [3.63, 3.8) is 0 Å². The molecule has 0 aliphatic rings. The van der Waals surface area contributed by atoms with Crippen LogP contribution in [-0.4, -0.2) is 69.7 Å². The zero-order valence-corrected chi connectivity index (χ0v) is 18.2. The molecule has 8 N–H and O–H groups in total. The lowest BCUT2D eigenvalue weighted by Gasteiger charge is -2.23. The fraction of sp³-hybridized carbons (Fsp3) is 0.500. The van der Waals surface area contributed by atoms with Gasteiger partial charge in [-0.15, -0.1) is 0 Å². The van der Waals surface area contributed by atoms with Crippen LogP contribution in [0.25, 0.3) is 11.2 Å². The summed E-state index contributed by atoms with van der Waals surface area (Å²) >= 11 is 0. The lowest BCUT2D eigenvalue weighted by atomic mass is 10.2. The maximum Gasteiger partial charge on any atom is 0.490 e. The lowest BCUT2D eigenvalue weighted by Crippen LogP contribution is -2.36. The number of aliphatic hydroxyl groups excluding tert-OH is 2. The highest BCUT2D eigenvalue weighted by molar-refractivity contribution is 7.66. The van der Waals surface area contributed by atoms with Gasteiger partial charge < -0.3 is 44.7 Å². The van der Waals surface area contributed by atoms with E-state index in [0.717, 1.165) is 10.9 Å². The highest BCUT2D eigenvalue weighted by Crippen LogP contribution is 2.66. The number of phosphoric ester groups is 1. The number of hydrogen-bond donors (Lipinski definition) is 7. The summed E-state index contributed by atoms with van der Waals surface area (Å²) in [5.41, 5.74) is 4.15. The standard InChI is InChI=1S/C10H17N4O15P3/c11-10-13-8-7(9(17)27-10)12-3-14(8)4-25-6(5(16)1-15)2-26-31(21,22)29-32(23,24)28-30(18,19)20/h3,5-6,15-16H,1-2,4H2,(H2,11,13)(H,21,22)(H,23,24)(H2,18,19,20). The Morgan fingerprint density at radius 2 is 1.81 bits per heavy atom. The molecule has 4 unspecified atom stereocenters. The number of fused-ring (bicyclic) bond motifs is 1. The van der Waals surface area contributed by atoms with Crippen LogP contribution in [0.3, 0.4) is 0 Å². The van der Waals surface area contributed by atoms with E-state index in [1.165, 1.54) is 0 Å². The van der Waals surface area contributed by atoms with Gasteiger partial charge in [0, 0.05) is 0 Å². The number of anilines is 1. The summed E-state index contributed by atoms with van der Waals surface area (Å²) in [4.78, 5) is 54.7. The Labute approximate surface area is 176 Å². The number of imidazole rings is 1. The summed E-state index contributed by atoms with van der Waals surface area (Å²) in [5, 5.41) is 18.9. The lowest BCUT2D eigenvalue weighted by molar-refractivity contribution is -0.0982. The van der Waals surface area contributed by atoms with E-state index in [-0.39, 0.29) is 11.2 Å². The predicted octanol–water partition coefficient (Wildman–Crippen LogP) is -1.99. The summed E-state index contributed by atoms with van der Waals surface area (Å²) in [5.74, 6) is 0. The first-order valence-electron chi connectivity index (χ1n) is 7.93. The van der Waals surface area contributed by atoms with Crippen molar-refractivity contribution < 1.29 is 65.8 Å². The van der Waals surface area contributed by atoms with E-state index < -0.39 is 67.3 Å². The minimum Gasteiger partial charge on any atom is -0.394 e. The van der Waals surface area contributed by atoms with Crippen LogP contribution in [-0.2, 0) is 38.3 Å². The highest BCUT2D eigenvalue weighted by atomic mass is 31.3. The van der Waals surface area contributed by atoms with Crippen molar-refractivity contribution in [2.75, 3.05) is 18.9 Å². The van der Waals surface area contributed by atoms with Crippen molar-refractivity contribution in [2.24, 2.45) is 0 Å². The number of nitrogens with zero attached hydrogens (tertiary/aromatic N) is 3. The van der Waals surface area contributed by atoms with Crippen LogP contribution in [0, 0.1) is 0 Å². The van der Waals surface area contributed by atoms with Gasteiger partial charge in [-0.1, -0.05) is 0 Å². The quantitative estimate of drug-likeness (QED) is 0.147. The summed E-state index contributed by atoms with van der Waals surface area (Å²) < 4.78 is 56.0. The first kappa shape index (κ1) is 26.7. The third kappa shape index (κ3) is 7.79. The molecular formula is C10H17N4O15P3. The van der Waals surface area contributed by atoms with Crippen LogP contribution in [0.4, 0.5) is 6.01 Å². The van der Waals surface area contributed by atoms with E-state index in [1.807, 2.05) is 0 Å². The Hall–Kier alpha value is -1.56. The average Bonchev–Trinajstić information content (AvgIpc) is 3.01. The minimum absolute atomic E-state index is 0.0797. The number of ether oxygens (including phenoxy) is 1. The Balaban J connectivity index is 2.08. The van der Waals surface area contributed by atoms with Gasteiger partial charge >= 0.3 is 29.1 Å². The zero-order valence-electron chi connectivity index (χ0n) is 15.5. The summed E-state index contributed by atoms with van der Waals surface area (Å²) in [6, 6.07) is -0.483. The van der Waals surface area contributed by atoms with Crippen molar-refractivity contribution in [1.29, 1.82) is 0 Å². The van der Waals surface area contributed by atoms with Crippen LogP contribution in [0.15, 0.2) is 15.5 Å². The van der Waals surface area contributed by atoms with Crippen LogP contribution in [0.5, 0.6) is 0 Å². The van der Waals surface area contributed by atoms with E-state index in [9.17, 15) is 28.5 Å². The van der Waals surface area contributed by atoms with Crippen LogP contribution < -0.4 is 11.4 Å². The second kappa shape index (κ2) is 10.1. The molecule has 4 atom stereocenters. The molecule has 0 saturated carbocycles. The van der Waals surface area contributed by atoms with Gasteiger partial charge in [0.1, 0.15) is 18.9 Å². The number of rotatable bonds is 12. The molecule has 0 radical (unpaired) electrons. The number of aromatic nitrogens is 3. The fourth-order valence-corrected chi connectivity index (χ4v) is 5.07. The molecule has 2 rings (SSSR count). The predicted molar refractivity (Wildman–Crippen MR) is 98.3 cm³/mol. The van der Waals surface area contributed by atoms with Crippen LogP contribution in [0.2, 0.25) is 0 Å². The minimum atomic E-state index is -5.74. The van der Waals surface area contributed by atoms with Gasteiger partial charge in [-0.05, 0) is 0 Å². The SMILES string of the molecule is Nc1nc2c(ncn2COC(COP(=O)(O)OP(=O)(O)OP(=O)(O)O)C(O)CO)c(=O)o1. The summed E-state index contributed by atoms with van der Waals surface area (Å²) in [6.45, 7) is -2.49. The van der Waals surface area contributed by atoms with Gasteiger partial charge in [0.05, 0.1) is 19.5 Å². The largest absolute Gasteiger partial charge is 0.490 e. The molecule has 0 amide bonds. The van der Waals surface area contributed by atoms with Crippen molar-refractivity contribution >= 4 is 40.6 Å². The number of aliphatic hydroxyl groups is 2. The molecule has 32 heavy (non-hydrogen) atoms. The second-order valence-electron chi connectivity index (χ2n) is 5.70. The Morgan fingerprint density at radius 1 is 1.16 bits per heavy atom. The molecule has 2 aromatic heterocycles. The molecule has 2 aromatic rings. The maximum atomic E-state index is 11.8. The smallest absolute Gasteiger partial charge is 0.394 e. The van der Waals surface area contributed by atoms with Crippen molar-refractivity contribution in [2.45, 2.75) is 18.9 Å². The molecule has 19 nitrogen and oxygen atoms in total. The third-order valence-electron chi connectivity index (χ3n) is 3.28. The monoisotopic (exact) mass is 526 g/mol. The van der Waals surface area contributed by atoms with Crippen molar-refractivity contribution in [3.8, 4) is 0 Å². The summed E-state index contributed by atoms with van der Waals surface area (Å²) in [6.07, 6.45) is -2.22. The molecular weight excluding hydrogens is 509 g/mol. The van der Waals surface area contributed by atoms with Crippen LogP contribution >= 0.6 is 23.5 Å². The van der Waals surface area contributed by atoms with Gasteiger partial charge in [0.15, 0.2) is 11.2 Å². The molecule has 2 heterocycles.